The maximum Gasteiger partial charge on any atom is 0.227 e. The molecule has 1 atom stereocenters. The maximum atomic E-state index is 12.4. The van der Waals surface area contributed by atoms with Crippen molar-refractivity contribution in [2.45, 2.75) is 6.42 Å². The van der Waals surface area contributed by atoms with Crippen LogP contribution in [0.25, 0.3) is 0 Å². The summed E-state index contributed by atoms with van der Waals surface area (Å²) in [6, 6.07) is 4.98. The molecule has 1 aliphatic rings. The van der Waals surface area contributed by atoms with Gasteiger partial charge in [-0.25, -0.2) is 0 Å². The zero-order valence-corrected chi connectivity index (χ0v) is 14.1. The largest absolute Gasteiger partial charge is 0.344 e. The number of likely N-dealkylation sites (N-methyl/N-ethyl adjacent to an activating group) is 2. The molecule has 2 rings (SSSR count). The summed E-state index contributed by atoms with van der Waals surface area (Å²) in [6.45, 7) is 1.69. The Morgan fingerprint density at radius 2 is 2.00 bits per heavy atom. The van der Waals surface area contributed by atoms with Crippen molar-refractivity contribution in [3.8, 4) is 0 Å². The molecule has 0 bridgehead atoms. The highest BCUT2D eigenvalue weighted by molar-refractivity contribution is 6.35. The molecule has 0 spiro atoms. The van der Waals surface area contributed by atoms with Crippen molar-refractivity contribution in [2.75, 3.05) is 38.6 Å². The summed E-state index contributed by atoms with van der Waals surface area (Å²) in [5, 5.41) is 3.94. The van der Waals surface area contributed by atoms with E-state index in [0.717, 1.165) is 6.54 Å². The van der Waals surface area contributed by atoms with Crippen LogP contribution in [0.3, 0.4) is 0 Å². The van der Waals surface area contributed by atoms with Crippen molar-refractivity contribution < 1.29 is 9.59 Å². The Balaban J connectivity index is 2.08. The summed E-state index contributed by atoms with van der Waals surface area (Å²) in [6.07, 6.45) is 0.215. The van der Waals surface area contributed by atoms with Gasteiger partial charge in [0.1, 0.15) is 0 Å². The summed E-state index contributed by atoms with van der Waals surface area (Å²) in [7, 11) is 3.59. The predicted molar refractivity (Wildman–Crippen MR) is 88.5 cm³/mol. The van der Waals surface area contributed by atoms with Crippen LogP contribution in [0.1, 0.15) is 6.42 Å². The topological polar surface area (TPSA) is 52.7 Å². The summed E-state index contributed by atoms with van der Waals surface area (Å²) in [5.41, 5.74) is 0.635. The van der Waals surface area contributed by atoms with Gasteiger partial charge in [-0.15, -0.1) is 0 Å². The van der Waals surface area contributed by atoms with E-state index in [0.29, 0.717) is 28.8 Å². The summed E-state index contributed by atoms with van der Waals surface area (Å²) >= 11 is 12.0. The highest BCUT2D eigenvalue weighted by atomic mass is 35.5. The average molecular weight is 344 g/mol. The monoisotopic (exact) mass is 343 g/mol. The second-order valence-corrected chi connectivity index (χ2v) is 6.27. The molecule has 0 radical (unpaired) electrons. The van der Waals surface area contributed by atoms with E-state index in [4.69, 9.17) is 23.2 Å². The van der Waals surface area contributed by atoms with Gasteiger partial charge in [0.05, 0.1) is 5.92 Å². The Hall–Kier alpha value is -1.30. The van der Waals surface area contributed by atoms with E-state index in [1.807, 2.05) is 7.05 Å². The second-order valence-electron chi connectivity index (χ2n) is 5.40. The number of benzene rings is 1. The van der Waals surface area contributed by atoms with Crippen LogP contribution in [-0.2, 0) is 9.59 Å². The first-order valence-electron chi connectivity index (χ1n) is 7.08. The molecule has 1 unspecified atom stereocenters. The fourth-order valence-electron chi connectivity index (χ4n) is 2.52. The van der Waals surface area contributed by atoms with Gasteiger partial charge >= 0.3 is 0 Å². The van der Waals surface area contributed by atoms with E-state index in [2.05, 4.69) is 5.32 Å². The van der Waals surface area contributed by atoms with Crippen molar-refractivity contribution in [1.82, 2.24) is 10.2 Å². The number of hydrogen-bond donors (Lipinski definition) is 1. The number of hydrogen-bond acceptors (Lipinski definition) is 3. The Labute approximate surface area is 140 Å². The molecule has 5 nitrogen and oxygen atoms in total. The number of nitrogens with zero attached hydrogens (tertiary/aromatic N) is 2. The summed E-state index contributed by atoms with van der Waals surface area (Å²) in [4.78, 5) is 27.8. The molecule has 1 N–H and O–H groups in total. The van der Waals surface area contributed by atoms with Crippen LogP contribution in [0, 0.1) is 5.92 Å². The van der Waals surface area contributed by atoms with Crippen molar-refractivity contribution >= 4 is 40.7 Å². The molecule has 0 aliphatic carbocycles. The van der Waals surface area contributed by atoms with Crippen LogP contribution in [-0.4, -0.2) is 50.4 Å². The minimum atomic E-state index is -0.327. The van der Waals surface area contributed by atoms with E-state index in [-0.39, 0.29) is 24.2 Å². The zero-order chi connectivity index (χ0) is 16.3. The maximum absolute atomic E-state index is 12.4. The highest BCUT2D eigenvalue weighted by Gasteiger charge is 2.36. The van der Waals surface area contributed by atoms with Crippen molar-refractivity contribution in [1.29, 1.82) is 0 Å². The number of anilines is 1. The van der Waals surface area contributed by atoms with Crippen molar-refractivity contribution in [3.05, 3.63) is 28.2 Å². The second kappa shape index (κ2) is 7.31. The van der Waals surface area contributed by atoms with Crippen molar-refractivity contribution in [2.24, 2.45) is 5.92 Å². The quantitative estimate of drug-likeness (QED) is 0.889. The van der Waals surface area contributed by atoms with Gasteiger partial charge in [0, 0.05) is 48.8 Å². The van der Waals surface area contributed by atoms with E-state index >= 15 is 0 Å². The fraction of sp³-hybridized carbons (Fsp3) is 0.467. The molecule has 1 aliphatic heterocycles. The van der Waals surface area contributed by atoms with Crippen LogP contribution in [0.5, 0.6) is 0 Å². The lowest BCUT2D eigenvalue weighted by Gasteiger charge is -2.21. The van der Waals surface area contributed by atoms with E-state index < -0.39 is 0 Å². The lowest BCUT2D eigenvalue weighted by Crippen LogP contribution is -2.38. The minimum Gasteiger partial charge on any atom is -0.344 e. The van der Waals surface area contributed by atoms with Crippen LogP contribution < -0.4 is 10.2 Å². The molecule has 0 aromatic heterocycles. The van der Waals surface area contributed by atoms with Gasteiger partial charge in [-0.2, -0.15) is 0 Å². The minimum absolute atomic E-state index is 0.0146. The number of nitrogens with one attached hydrogen (secondary N) is 1. The SMILES string of the molecule is CNCCN(C)C(=O)C1CC(=O)N(c2cc(Cl)cc(Cl)c2)C1. The molecule has 7 heteroatoms. The van der Waals surface area contributed by atoms with Crippen LogP contribution in [0.2, 0.25) is 10.0 Å². The molecular formula is C15H19Cl2N3O2. The molecular weight excluding hydrogens is 325 g/mol. The lowest BCUT2D eigenvalue weighted by atomic mass is 10.1. The summed E-state index contributed by atoms with van der Waals surface area (Å²) in [5.74, 6) is -0.426. The average Bonchev–Trinajstić information content (AvgIpc) is 2.84. The van der Waals surface area contributed by atoms with E-state index in [9.17, 15) is 9.59 Å². The molecule has 1 fully saturated rings. The Kier molecular flexibility index (Phi) is 5.67. The number of amides is 2. The summed E-state index contributed by atoms with van der Waals surface area (Å²) < 4.78 is 0. The first kappa shape index (κ1) is 17.1. The lowest BCUT2D eigenvalue weighted by molar-refractivity contribution is -0.134. The van der Waals surface area contributed by atoms with E-state index in [1.54, 1.807) is 35.0 Å². The predicted octanol–water partition coefficient (Wildman–Crippen LogP) is 2.02. The van der Waals surface area contributed by atoms with E-state index in [1.165, 1.54) is 0 Å². The van der Waals surface area contributed by atoms with Gasteiger partial charge in [0.2, 0.25) is 11.8 Å². The molecule has 1 saturated heterocycles. The normalized spacial score (nSPS) is 17.9. The Bertz CT molecular complexity index is 560. The molecule has 0 saturated carbocycles. The van der Waals surface area contributed by atoms with Crippen LogP contribution >= 0.6 is 23.2 Å². The molecule has 120 valence electrons. The van der Waals surface area contributed by atoms with Crippen molar-refractivity contribution in [3.63, 3.8) is 0 Å². The number of carbonyl (C=O) groups is 2. The fourth-order valence-corrected chi connectivity index (χ4v) is 3.03. The standard InChI is InChI=1S/C15H19Cl2N3O2/c1-18-3-4-19(2)15(22)10-5-14(21)20(9-10)13-7-11(16)6-12(17)8-13/h6-8,10,18H,3-5,9H2,1-2H3. The third-order valence-corrected chi connectivity index (χ3v) is 4.14. The number of carbonyl (C=O) groups excluding carboxylic acids is 2. The number of rotatable bonds is 5. The van der Waals surface area contributed by atoms with Gasteiger partial charge in [-0.05, 0) is 25.2 Å². The smallest absolute Gasteiger partial charge is 0.227 e. The third kappa shape index (κ3) is 3.91. The van der Waals surface area contributed by atoms with Gasteiger partial charge in [-0.3, -0.25) is 9.59 Å². The Morgan fingerprint density at radius 3 is 2.59 bits per heavy atom. The number of halogens is 2. The first-order chi connectivity index (χ1) is 10.4. The van der Waals surface area contributed by atoms with Gasteiger partial charge in [0.25, 0.3) is 0 Å². The first-order valence-corrected chi connectivity index (χ1v) is 7.84. The highest BCUT2D eigenvalue weighted by Crippen LogP contribution is 2.30. The van der Waals surface area contributed by atoms with Gasteiger partial charge in [-0.1, -0.05) is 23.2 Å². The molecule has 22 heavy (non-hydrogen) atoms. The van der Waals surface area contributed by atoms with Crippen LogP contribution in [0.4, 0.5) is 5.69 Å². The van der Waals surface area contributed by atoms with Gasteiger partial charge < -0.3 is 15.1 Å². The molecule has 2 amide bonds. The third-order valence-electron chi connectivity index (χ3n) is 3.71. The molecule has 1 aromatic rings. The zero-order valence-electron chi connectivity index (χ0n) is 12.6. The molecule has 1 heterocycles. The molecule has 1 aromatic carbocycles. The van der Waals surface area contributed by atoms with Crippen LogP contribution in [0.15, 0.2) is 18.2 Å². The Morgan fingerprint density at radius 1 is 1.36 bits per heavy atom. The van der Waals surface area contributed by atoms with Gasteiger partial charge in [0.15, 0.2) is 0 Å².